The predicted octanol–water partition coefficient (Wildman–Crippen LogP) is 3.11. The number of carbonyl (C=O) groups excluding carboxylic acids is 3. The minimum Gasteiger partial charge on any atom is -0.390 e. The lowest BCUT2D eigenvalue weighted by Crippen LogP contribution is -2.69. The summed E-state index contributed by atoms with van der Waals surface area (Å²) in [5.41, 5.74) is -4.77. The average Bonchev–Trinajstić information content (AvgIpc) is 2.90. The van der Waals surface area contributed by atoms with E-state index in [9.17, 15) is 24.6 Å². The maximum Gasteiger partial charge on any atom is 0.172 e. The van der Waals surface area contributed by atoms with E-state index in [0.29, 0.717) is 25.7 Å². The van der Waals surface area contributed by atoms with E-state index >= 15 is 4.39 Å². The van der Waals surface area contributed by atoms with Crippen LogP contribution in [0.1, 0.15) is 72.6 Å². The number of Topliss-reactive ketones (excluding diaryl/α,β-unsaturated/α-hetero) is 2. The molecule has 3 fully saturated rings. The van der Waals surface area contributed by atoms with Crippen molar-refractivity contribution in [3.63, 3.8) is 0 Å². The molecule has 0 aromatic rings. The summed E-state index contributed by atoms with van der Waals surface area (Å²) in [6.07, 6.45) is 1.97. The molecule has 3 saturated carbocycles. The molecule has 0 aromatic carbocycles. The van der Waals surface area contributed by atoms with Gasteiger partial charge in [0, 0.05) is 22.7 Å². The molecule has 6 heteroatoms. The van der Waals surface area contributed by atoms with Crippen LogP contribution in [0, 0.1) is 28.6 Å². The molecular formula is C24H33FO5. The van der Waals surface area contributed by atoms with Crippen molar-refractivity contribution >= 4 is 17.3 Å². The average molecular weight is 421 g/mol. The van der Waals surface area contributed by atoms with Crippen molar-refractivity contribution in [1.29, 1.82) is 0 Å². The van der Waals surface area contributed by atoms with Crippen LogP contribution in [0.2, 0.25) is 0 Å². The van der Waals surface area contributed by atoms with Crippen molar-refractivity contribution in [3.05, 3.63) is 11.6 Å². The Labute approximate surface area is 177 Å². The molecule has 4 aliphatic rings. The van der Waals surface area contributed by atoms with E-state index in [-0.39, 0.29) is 42.7 Å². The zero-order chi connectivity index (χ0) is 22.3. The van der Waals surface area contributed by atoms with Gasteiger partial charge in [-0.25, -0.2) is 4.39 Å². The van der Waals surface area contributed by atoms with Gasteiger partial charge < -0.3 is 10.2 Å². The molecule has 0 unspecified atom stereocenters. The highest BCUT2D eigenvalue weighted by Gasteiger charge is 2.74. The largest absolute Gasteiger partial charge is 0.390 e. The number of hydrogen-bond acceptors (Lipinski definition) is 5. The zero-order valence-electron chi connectivity index (χ0n) is 18.3. The molecule has 4 rings (SSSR count). The van der Waals surface area contributed by atoms with Crippen LogP contribution in [0.4, 0.5) is 4.39 Å². The predicted molar refractivity (Wildman–Crippen MR) is 108 cm³/mol. The first-order valence-corrected chi connectivity index (χ1v) is 11.2. The molecule has 0 aromatic heterocycles. The third kappa shape index (κ3) is 2.49. The number of rotatable bonds is 3. The number of aliphatic hydroxyl groups is 2. The van der Waals surface area contributed by atoms with Crippen LogP contribution in [0.25, 0.3) is 0 Å². The summed E-state index contributed by atoms with van der Waals surface area (Å²) in [6.45, 7) is 6.75. The van der Waals surface area contributed by atoms with Crippen molar-refractivity contribution in [2.75, 3.05) is 0 Å². The van der Waals surface area contributed by atoms with Gasteiger partial charge in [-0.3, -0.25) is 14.4 Å². The highest BCUT2D eigenvalue weighted by molar-refractivity contribution is 6.02. The van der Waals surface area contributed by atoms with E-state index in [1.54, 1.807) is 13.0 Å². The third-order valence-corrected chi connectivity index (χ3v) is 9.37. The molecule has 4 aliphatic carbocycles. The Morgan fingerprint density at radius 3 is 2.50 bits per heavy atom. The number of alkyl halides is 1. The Kier molecular flexibility index (Phi) is 4.76. The summed E-state index contributed by atoms with van der Waals surface area (Å²) >= 11 is 0. The van der Waals surface area contributed by atoms with Crippen LogP contribution in [0.15, 0.2) is 11.6 Å². The fraction of sp³-hybridized carbons (Fsp3) is 0.792. The van der Waals surface area contributed by atoms with Crippen LogP contribution in [0.5, 0.6) is 0 Å². The van der Waals surface area contributed by atoms with Gasteiger partial charge in [-0.15, -0.1) is 0 Å². The SMILES string of the molecule is CC(=O)CC(=O)[C@@]1(O)CC[C@H]2[C@@H]3CCC4=CC(=O)[C@H](C)C[C@]4(C)[C@@]3(F)[C@@H](O)C[C@@]21C. The lowest BCUT2D eigenvalue weighted by atomic mass is 9.43. The first-order chi connectivity index (χ1) is 13.8. The molecule has 0 saturated heterocycles. The van der Waals surface area contributed by atoms with Gasteiger partial charge in [-0.1, -0.05) is 26.3 Å². The maximum atomic E-state index is 17.1. The molecule has 5 nitrogen and oxygen atoms in total. The van der Waals surface area contributed by atoms with Crippen molar-refractivity contribution in [3.8, 4) is 0 Å². The number of hydrogen-bond donors (Lipinski definition) is 2. The second kappa shape index (κ2) is 6.55. The molecule has 2 N–H and O–H groups in total. The summed E-state index contributed by atoms with van der Waals surface area (Å²) in [6, 6.07) is 0. The van der Waals surface area contributed by atoms with Gasteiger partial charge in [0.1, 0.15) is 17.1 Å². The summed E-state index contributed by atoms with van der Waals surface area (Å²) in [5, 5.41) is 22.7. The Morgan fingerprint density at radius 1 is 1.20 bits per heavy atom. The molecule has 0 radical (unpaired) electrons. The normalized spacial score (nSPS) is 50.2. The number of aliphatic hydroxyl groups excluding tert-OH is 1. The Hall–Kier alpha value is -1.40. The minimum absolute atomic E-state index is 0.0183. The van der Waals surface area contributed by atoms with Crippen LogP contribution in [-0.2, 0) is 14.4 Å². The lowest BCUT2D eigenvalue weighted by molar-refractivity contribution is -0.227. The van der Waals surface area contributed by atoms with E-state index < -0.39 is 39.9 Å². The maximum absolute atomic E-state index is 17.1. The molecule has 0 bridgehead atoms. The van der Waals surface area contributed by atoms with Crippen molar-refractivity contribution in [1.82, 2.24) is 0 Å². The third-order valence-electron chi connectivity index (χ3n) is 9.37. The fourth-order valence-corrected chi connectivity index (χ4v) is 7.73. The van der Waals surface area contributed by atoms with Gasteiger partial charge in [0.25, 0.3) is 0 Å². The summed E-state index contributed by atoms with van der Waals surface area (Å²) in [4.78, 5) is 36.7. The molecule has 0 heterocycles. The Balaban J connectivity index is 1.77. The van der Waals surface area contributed by atoms with Gasteiger partial charge in [-0.2, -0.15) is 0 Å². The van der Waals surface area contributed by atoms with Crippen LogP contribution < -0.4 is 0 Å². The lowest BCUT2D eigenvalue weighted by Gasteiger charge is -2.63. The number of allylic oxidation sites excluding steroid dienone is 1. The summed E-state index contributed by atoms with van der Waals surface area (Å²) in [7, 11) is 0. The Bertz CT molecular complexity index is 851. The molecular weight excluding hydrogens is 387 g/mol. The van der Waals surface area contributed by atoms with Gasteiger partial charge in [0.05, 0.1) is 12.5 Å². The molecule has 0 aliphatic heterocycles. The first-order valence-electron chi connectivity index (χ1n) is 11.2. The Morgan fingerprint density at radius 2 is 1.87 bits per heavy atom. The monoisotopic (exact) mass is 420 g/mol. The van der Waals surface area contributed by atoms with E-state index in [0.717, 1.165) is 5.57 Å². The van der Waals surface area contributed by atoms with E-state index in [1.165, 1.54) is 6.92 Å². The van der Waals surface area contributed by atoms with Crippen LogP contribution in [-0.4, -0.2) is 44.9 Å². The molecule has 0 amide bonds. The highest BCUT2D eigenvalue weighted by Crippen LogP contribution is 2.70. The zero-order valence-corrected chi connectivity index (χ0v) is 18.3. The van der Waals surface area contributed by atoms with Crippen LogP contribution >= 0.6 is 0 Å². The van der Waals surface area contributed by atoms with Crippen molar-refractivity contribution in [2.24, 2.45) is 28.6 Å². The topological polar surface area (TPSA) is 91.7 Å². The van der Waals surface area contributed by atoms with Crippen LogP contribution in [0.3, 0.4) is 0 Å². The number of ketones is 3. The summed E-state index contributed by atoms with van der Waals surface area (Å²) < 4.78 is 17.1. The first kappa shape index (κ1) is 21.8. The van der Waals surface area contributed by atoms with E-state index in [4.69, 9.17) is 0 Å². The quantitative estimate of drug-likeness (QED) is 0.685. The van der Waals surface area contributed by atoms with Crippen molar-refractivity contribution < 1.29 is 29.0 Å². The minimum atomic E-state index is -1.91. The number of fused-ring (bicyclic) bond motifs is 5. The summed E-state index contributed by atoms with van der Waals surface area (Å²) in [5.74, 6) is -1.88. The number of halogens is 1. The standard InChI is InChI=1S/C24H33FO5/c1-13-11-21(3)15(10-18(13)27)5-6-17-16-7-8-23(30,19(28)9-14(2)26)22(16,4)12-20(29)24(17,21)25/h10,13,16-17,20,29-30H,5-9,11-12H2,1-4H3/t13-,16+,17+,20+,21+,22+,23+,24+/m1/s1. The van der Waals surface area contributed by atoms with Crippen molar-refractivity contribution in [2.45, 2.75) is 90.0 Å². The second-order valence-corrected chi connectivity index (χ2v) is 10.9. The second-order valence-electron chi connectivity index (χ2n) is 10.9. The van der Waals surface area contributed by atoms with Gasteiger partial charge in [0.15, 0.2) is 11.6 Å². The van der Waals surface area contributed by atoms with Gasteiger partial charge in [-0.05, 0) is 57.4 Å². The number of carbonyl (C=O) groups is 3. The van der Waals surface area contributed by atoms with E-state index in [1.807, 2.05) is 13.8 Å². The highest BCUT2D eigenvalue weighted by atomic mass is 19.1. The van der Waals surface area contributed by atoms with Gasteiger partial charge in [0.2, 0.25) is 0 Å². The molecule has 0 spiro atoms. The molecule has 166 valence electrons. The molecule has 30 heavy (non-hydrogen) atoms. The molecule has 8 atom stereocenters. The fourth-order valence-electron chi connectivity index (χ4n) is 7.73. The smallest absolute Gasteiger partial charge is 0.172 e. The van der Waals surface area contributed by atoms with E-state index in [2.05, 4.69) is 0 Å². The van der Waals surface area contributed by atoms with Gasteiger partial charge >= 0.3 is 0 Å².